The lowest BCUT2D eigenvalue weighted by Crippen LogP contribution is -2.55. The van der Waals surface area contributed by atoms with Crippen LogP contribution in [-0.4, -0.2) is 54.2 Å². The smallest absolute Gasteiger partial charge is 0.317 e. The van der Waals surface area contributed by atoms with Crippen LogP contribution in [0.3, 0.4) is 0 Å². The minimum Gasteiger partial charge on any atom is -0.480 e. The van der Waals surface area contributed by atoms with Crippen LogP contribution in [0.25, 0.3) is 0 Å². The Morgan fingerprint density at radius 3 is 2.64 bits per heavy atom. The van der Waals surface area contributed by atoms with E-state index in [0.29, 0.717) is 18.1 Å². The van der Waals surface area contributed by atoms with Crippen molar-refractivity contribution in [2.45, 2.75) is 44.4 Å². The fraction of sp³-hybridized carbons (Fsp3) is 0.579. The van der Waals surface area contributed by atoms with Gasteiger partial charge in [-0.05, 0) is 43.2 Å². The molecule has 2 fully saturated rings. The van der Waals surface area contributed by atoms with Crippen LogP contribution in [0.4, 0.5) is 0 Å². The van der Waals surface area contributed by atoms with Gasteiger partial charge < -0.3 is 15.2 Å². The number of carboxylic acid groups (broad SMARTS) is 1. The average Bonchev–Trinajstić information content (AvgIpc) is 3.34. The van der Waals surface area contributed by atoms with Crippen LogP contribution in [-0.2, 0) is 16.1 Å². The number of carbonyl (C=O) groups excluding carboxylic acids is 1. The maximum Gasteiger partial charge on any atom is 0.317 e. The highest BCUT2D eigenvalue weighted by Gasteiger charge is 2.37. The number of hydrogen-bond acceptors (Lipinski definition) is 4. The molecule has 2 aliphatic carbocycles. The molecule has 3 rings (SSSR count). The van der Waals surface area contributed by atoms with Crippen molar-refractivity contribution >= 4 is 11.9 Å². The van der Waals surface area contributed by atoms with Crippen molar-refractivity contribution in [3.63, 3.8) is 0 Å². The molecule has 0 atom stereocenters. The van der Waals surface area contributed by atoms with Crippen molar-refractivity contribution in [1.82, 2.24) is 10.2 Å². The van der Waals surface area contributed by atoms with Gasteiger partial charge in [0.15, 0.2) is 0 Å². The van der Waals surface area contributed by atoms with E-state index in [1.165, 1.54) is 12.8 Å². The van der Waals surface area contributed by atoms with E-state index in [0.717, 1.165) is 24.9 Å². The molecular weight excluding hydrogens is 320 g/mol. The highest BCUT2D eigenvalue weighted by atomic mass is 16.5. The molecule has 1 aromatic carbocycles. The maximum absolute atomic E-state index is 12.5. The number of methoxy groups -OCH3 is 1. The predicted octanol–water partition coefficient (Wildman–Crippen LogP) is 1.89. The zero-order chi connectivity index (χ0) is 17.8. The first-order chi connectivity index (χ1) is 12.1. The van der Waals surface area contributed by atoms with Gasteiger partial charge in [-0.2, -0.15) is 0 Å². The van der Waals surface area contributed by atoms with E-state index in [2.05, 4.69) is 10.2 Å². The number of nitrogens with zero attached hydrogens (tertiary/aromatic N) is 1. The first kappa shape index (κ1) is 17.9. The van der Waals surface area contributed by atoms with Gasteiger partial charge in [0.2, 0.25) is 0 Å². The molecule has 1 aromatic rings. The Hall–Kier alpha value is -1.92. The minimum atomic E-state index is -0.776. The predicted molar refractivity (Wildman–Crippen MR) is 93.4 cm³/mol. The molecule has 0 aliphatic heterocycles. The summed E-state index contributed by atoms with van der Waals surface area (Å²) in [6.45, 7) is 1.37. The van der Waals surface area contributed by atoms with Crippen LogP contribution < -0.4 is 5.32 Å². The van der Waals surface area contributed by atoms with E-state index in [9.17, 15) is 9.59 Å². The molecule has 0 bridgehead atoms. The van der Waals surface area contributed by atoms with Gasteiger partial charge >= 0.3 is 5.97 Å². The molecule has 6 heteroatoms. The van der Waals surface area contributed by atoms with Gasteiger partial charge in [-0.25, -0.2) is 0 Å². The van der Waals surface area contributed by atoms with E-state index in [1.807, 2.05) is 24.3 Å². The van der Waals surface area contributed by atoms with Crippen molar-refractivity contribution in [2.75, 3.05) is 20.2 Å². The van der Waals surface area contributed by atoms with Crippen LogP contribution in [0.1, 0.15) is 41.6 Å². The SMILES string of the molecule is COCc1ccccc1C(=O)NC1CC(N(CC(=O)O)CC2CC2)C1. The molecule has 2 saturated carbocycles. The summed E-state index contributed by atoms with van der Waals surface area (Å²) in [5.74, 6) is -0.196. The van der Waals surface area contributed by atoms with Gasteiger partial charge in [-0.1, -0.05) is 18.2 Å². The van der Waals surface area contributed by atoms with Crippen molar-refractivity contribution in [3.05, 3.63) is 35.4 Å². The van der Waals surface area contributed by atoms with Crippen LogP contribution in [0.15, 0.2) is 24.3 Å². The summed E-state index contributed by atoms with van der Waals surface area (Å²) in [6.07, 6.45) is 4.05. The van der Waals surface area contributed by atoms with Gasteiger partial charge in [-0.3, -0.25) is 14.5 Å². The lowest BCUT2D eigenvalue weighted by Gasteiger charge is -2.42. The van der Waals surface area contributed by atoms with Crippen molar-refractivity contribution in [1.29, 1.82) is 0 Å². The highest BCUT2D eigenvalue weighted by Crippen LogP contribution is 2.33. The molecule has 0 radical (unpaired) electrons. The number of aliphatic carboxylic acids is 1. The van der Waals surface area contributed by atoms with E-state index in [-0.39, 0.29) is 24.5 Å². The lowest BCUT2D eigenvalue weighted by atomic mass is 9.85. The molecule has 0 heterocycles. The molecule has 2 aliphatic rings. The Bertz CT molecular complexity index is 624. The summed E-state index contributed by atoms with van der Waals surface area (Å²) in [4.78, 5) is 25.7. The molecular formula is C19H26N2O4. The number of amides is 1. The van der Waals surface area contributed by atoms with Crippen LogP contribution in [0.2, 0.25) is 0 Å². The summed E-state index contributed by atoms with van der Waals surface area (Å²) in [5.41, 5.74) is 1.52. The van der Waals surface area contributed by atoms with Crippen molar-refractivity contribution < 1.29 is 19.4 Å². The highest BCUT2D eigenvalue weighted by molar-refractivity contribution is 5.95. The molecule has 0 aromatic heterocycles. The van der Waals surface area contributed by atoms with Gasteiger partial charge in [0.1, 0.15) is 0 Å². The normalized spacial score (nSPS) is 22.5. The number of ether oxygens (including phenoxy) is 1. The van der Waals surface area contributed by atoms with Crippen LogP contribution in [0, 0.1) is 5.92 Å². The second-order valence-electron chi connectivity index (χ2n) is 7.15. The summed E-state index contributed by atoms with van der Waals surface area (Å²) in [5, 5.41) is 12.2. The third kappa shape index (κ3) is 4.80. The second-order valence-corrected chi connectivity index (χ2v) is 7.15. The molecule has 25 heavy (non-hydrogen) atoms. The van der Waals surface area contributed by atoms with E-state index in [1.54, 1.807) is 7.11 Å². The van der Waals surface area contributed by atoms with Crippen molar-refractivity contribution in [3.8, 4) is 0 Å². The van der Waals surface area contributed by atoms with Gasteiger partial charge in [-0.15, -0.1) is 0 Å². The zero-order valence-electron chi connectivity index (χ0n) is 14.6. The van der Waals surface area contributed by atoms with E-state index in [4.69, 9.17) is 9.84 Å². The lowest BCUT2D eigenvalue weighted by molar-refractivity contribution is -0.139. The minimum absolute atomic E-state index is 0.0805. The first-order valence-electron chi connectivity index (χ1n) is 8.90. The third-order valence-electron chi connectivity index (χ3n) is 5.05. The molecule has 136 valence electrons. The number of benzene rings is 1. The molecule has 1 amide bonds. The number of nitrogens with one attached hydrogen (secondary N) is 1. The quantitative estimate of drug-likeness (QED) is 0.714. The molecule has 0 spiro atoms. The second kappa shape index (κ2) is 7.97. The fourth-order valence-corrected chi connectivity index (χ4v) is 3.44. The summed E-state index contributed by atoms with van der Waals surface area (Å²) in [6, 6.07) is 7.82. The third-order valence-corrected chi connectivity index (χ3v) is 5.05. The van der Waals surface area contributed by atoms with Gasteiger partial charge in [0, 0.05) is 31.3 Å². The molecule has 0 unspecified atom stereocenters. The zero-order valence-corrected chi connectivity index (χ0v) is 14.6. The first-order valence-corrected chi connectivity index (χ1v) is 8.90. The Kier molecular flexibility index (Phi) is 5.71. The number of carbonyl (C=O) groups is 2. The topological polar surface area (TPSA) is 78.9 Å². The summed E-state index contributed by atoms with van der Waals surface area (Å²) >= 11 is 0. The maximum atomic E-state index is 12.5. The van der Waals surface area contributed by atoms with Crippen LogP contribution in [0.5, 0.6) is 0 Å². The fourth-order valence-electron chi connectivity index (χ4n) is 3.44. The Morgan fingerprint density at radius 2 is 2.00 bits per heavy atom. The summed E-state index contributed by atoms with van der Waals surface area (Å²) < 4.78 is 5.15. The Morgan fingerprint density at radius 1 is 1.28 bits per heavy atom. The number of rotatable bonds is 9. The van der Waals surface area contributed by atoms with Crippen molar-refractivity contribution in [2.24, 2.45) is 5.92 Å². The molecule has 0 saturated heterocycles. The van der Waals surface area contributed by atoms with E-state index >= 15 is 0 Å². The largest absolute Gasteiger partial charge is 0.480 e. The van der Waals surface area contributed by atoms with E-state index < -0.39 is 5.97 Å². The summed E-state index contributed by atoms with van der Waals surface area (Å²) in [7, 11) is 1.61. The standard InChI is InChI=1S/C19H26N2O4/c1-25-12-14-4-2-3-5-17(14)19(24)20-15-8-16(9-15)21(11-18(22)23)10-13-6-7-13/h2-5,13,15-16H,6-12H2,1H3,(H,20,24)(H,22,23). The number of hydrogen-bond donors (Lipinski definition) is 2. The average molecular weight is 346 g/mol. The molecule has 2 N–H and O–H groups in total. The van der Waals surface area contributed by atoms with Gasteiger partial charge in [0.05, 0.1) is 13.2 Å². The molecule has 6 nitrogen and oxygen atoms in total. The monoisotopic (exact) mass is 346 g/mol. The van der Waals surface area contributed by atoms with Gasteiger partial charge in [0.25, 0.3) is 5.91 Å². The van der Waals surface area contributed by atoms with Crippen LogP contribution >= 0.6 is 0 Å². The number of carboxylic acids is 1. The Balaban J connectivity index is 1.52. The Labute approximate surface area is 148 Å².